The molecule has 0 aromatic rings. The molecule has 4 heteroatoms. The largest absolute Gasteiger partial charge is 0.540 e. The molecule has 0 atom stereocenters. The van der Waals surface area contributed by atoms with Crippen LogP contribution in [0, 0.1) is 0 Å². The third-order valence-electron chi connectivity index (χ3n) is 2.20. The van der Waals surface area contributed by atoms with Crippen molar-refractivity contribution < 1.29 is 19.3 Å². The molecular weight excluding hydrogens is 208 g/mol. The summed E-state index contributed by atoms with van der Waals surface area (Å²) in [6.07, 6.45) is 4.05. The SMILES string of the molecule is CCCCOOC(=O)OC(C)(C)CCCC. The normalized spacial score (nSPS) is 11.2. The summed E-state index contributed by atoms with van der Waals surface area (Å²) in [5.74, 6) is 0. The minimum atomic E-state index is -0.753. The molecule has 0 aliphatic rings. The first-order chi connectivity index (χ1) is 7.52. The Kier molecular flexibility index (Phi) is 7.99. The van der Waals surface area contributed by atoms with Crippen LogP contribution in [0.2, 0.25) is 0 Å². The van der Waals surface area contributed by atoms with Gasteiger partial charge in [0.1, 0.15) is 5.60 Å². The fourth-order valence-corrected chi connectivity index (χ4v) is 1.19. The lowest BCUT2D eigenvalue weighted by molar-refractivity contribution is -0.262. The van der Waals surface area contributed by atoms with Gasteiger partial charge >= 0.3 is 6.16 Å². The lowest BCUT2D eigenvalue weighted by Crippen LogP contribution is -2.28. The summed E-state index contributed by atoms with van der Waals surface area (Å²) in [5, 5.41) is 0. The van der Waals surface area contributed by atoms with E-state index >= 15 is 0 Å². The van der Waals surface area contributed by atoms with Gasteiger partial charge in [0.05, 0.1) is 6.61 Å². The second-order valence-electron chi connectivity index (χ2n) is 4.47. The van der Waals surface area contributed by atoms with Gasteiger partial charge in [-0.05, 0) is 33.1 Å². The average molecular weight is 232 g/mol. The van der Waals surface area contributed by atoms with E-state index in [1.165, 1.54) is 0 Å². The molecule has 0 spiro atoms. The van der Waals surface area contributed by atoms with Crippen molar-refractivity contribution in [3.05, 3.63) is 0 Å². The Bertz CT molecular complexity index is 189. The van der Waals surface area contributed by atoms with Gasteiger partial charge in [0.2, 0.25) is 0 Å². The van der Waals surface area contributed by atoms with Crippen LogP contribution >= 0.6 is 0 Å². The van der Waals surface area contributed by atoms with Crippen molar-refractivity contribution in [2.45, 2.75) is 65.4 Å². The van der Waals surface area contributed by atoms with Gasteiger partial charge in [-0.2, -0.15) is 4.89 Å². The van der Waals surface area contributed by atoms with Gasteiger partial charge in [0, 0.05) is 0 Å². The molecule has 0 bridgehead atoms. The van der Waals surface area contributed by atoms with E-state index in [2.05, 4.69) is 11.8 Å². The van der Waals surface area contributed by atoms with Gasteiger partial charge in [-0.3, -0.25) is 4.89 Å². The van der Waals surface area contributed by atoms with Crippen LogP contribution in [0.15, 0.2) is 0 Å². The summed E-state index contributed by atoms with van der Waals surface area (Å²) < 4.78 is 5.13. The zero-order chi connectivity index (χ0) is 12.4. The minimum absolute atomic E-state index is 0.418. The highest BCUT2D eigenvalue weighted by Crippen LogP contribution is 2.18. The van der Waals surface area contributed by atoms with Gasteiger partial charge in [-0.1, -0.05) is 26.7 Å². The molecule has 0 saturated heterocycles. The molecule has 0 saturated carbocycles. The standard InChI is InChI=1S/C12H24O4/c1-5-7-9-12(3,4)15-11(13)16-14-10-8-6-2/h5-10H2,1-4H3. The number of carbonyl (C=O) groups excluding carboxylic acids is 1. The van der Waals surface area contributed by atoms with Crippen LogP contribution in [0.25, 0.3) is 0 Å². The molecule has 0 aromatic heterocycles. The molecule has 96 valence electrons. The third-order valence-corrected chi connectivity index (χ3v) is 2.20. The summed E-state index contributed by atoms with van der Waals surface area (Å²) in [4.78, 5) is 20.4. The maximum atomic E-state index is 11.2. The van der Waals surface area contributed by atoms with Gasteiger partial charge in [-0.15, -0.1) is 0 Å². The molecule has 4 nitrogen and oxygen atoms in total. The number of ether oxygens (including phenoxy) is 1. The Morgan fingerprint density at radius 2 is 1.75 bits per heavy atom. The van der Waals surface area contributed by atoms with Crippen molar-refractivity contribution in [3.63, 3.8) is 0 Å². The van der Waals surface area contributed by atoms with Crippen molar-refractivity contribution in [1.82, 2.24) is 0 Å². The minimum Gasteiger partial charge on any atom is -0.426 e. The molecule has 0 rings (SSSR count). The Morgan fingerprint density at radius 1 is 1.12 bits per heavy atom. The first-order valence-corrected chi connectivity index (χ1v) is 6.04. The van der Waals surface area contributed by atoms with Crippen LogP contribution < -0.4 is 0 Å². The molecule has 16 heavy (non-hydrogen) atoms. The predicted molar refractivity (Wildman–Crippen MR) is 62.0 cm³/mol. The Balaban J connectivity index is 3.67. The van der Waals surface area contributed by atoms with Gasteiger partial charge < -0.3 is 4.74 Å². The van der Waals surface area contributed by atoms with E-state index in [9.17, 15) is 4.79 Å². The van der Waals surface area contributed by atoms with E-state index < -0.39 is 11.8 Å². The van der Waals surface area contributed by atoms with E-state index in [1.54, 1.807) is 0 Å². The zero-order valence-electron chi connectivity index (χ0n) is 10.9. The van der Waals surface area contributed by atoms with Crippen LogP contribution in [0.3, 0.4) is 0 Å². The lowest BCUT2D eigenvalue weighted by Gasteiger charge is -2.23. The lowest BCUT2D eigenvalue weighted by atomic mass is 10.0. The highest BCUT2D eigenvalue weighted by Gasteiger charge is 2.23. The number of rotatable bonds is 8. The van der Waals surface area contributed by atoms with E-state index in [1.807, 2.05) is 20.8 Å². The molecule has 0 aliphatic carbocycles. The average Bonchev–Trinajstić information content (AvgIpc) is 2.21. The summed E-state index contributed by atoms with van der Waals surface area (Å²) in [6, 6.07) is 0. The van der Waals surface area contributed by atoms with E-state index in [0.29, 0.717) is 6.61 Å². The monoisotopic (exact) mass is 232 g/mol. The second kappa shape index (κ2) is 8.39. The van der Waals surface area contributed by atoms with E-state index in [0.717, 1.165) is 32.1 Å². The molecule has 0 aromatic carbocycles. The van der Waals surface area contributed by atoms with Gasteiger partial charge in [0.25, 0.3) is 0 Å². The molecular formula is C12H24O4. The molecule has 0 radical (unpaired) electrons. The predicted octanol–water partition coefficient (Wildman–Crippen LogP) is 3.84. The zero-order valence-corrected chi connectivity index (χ0v) is 10.9. The van der Waals surface area contributed by atoms with Crippen LogP contribution in [-0.2, 0) is 14.5 Å². The molecule has 0 amide bonds. The first kappa shape index (κ1) is 15.2. The highest BCUT2D eigenvalue weighted by atomic mass is 17.2. The number of unbranched alkanes of at least 4 members (excludes halogenated alkanes) is 2. The number of carbonyl (C=O) groups is 1. The third kappa shape index (κ3) is 8.53. The van der Waals surface area contributed by atoms with Crippen LogP contribution in [0.1, 0.15) is 59.8 Å². The van der Waals surface area contributed by atoms with Crippen LogP contribution in [-0.4, -0.2) is 18.4 Å². The summed E-state index contributed by atoms with van der Waals surface area (Å²) in [7, 11) is 0. The van der Waals surface area contributed by atoms with Gasteiger partial charge in [-0.25, -0.2) is 4.79 Å². The Labute approximate surface area is 98.2 Å². The van der Waals surface area contributed by atoms with E-state index in [-0.39, 0.29) is 0 Å². The van der Waals surface area contributed by atoms with Crippen molar-refractivity contribution in [3.8, 4) is 0 Å². The first-order valence-electron chi connectivity index (χ1n) is 6.04. The Morgan fingerprint density at radius 3 is 2.31 bits per heavy atom. The number of hydrogen-bond acceptors (Lipinski definition) is 4. The van der Waals surface area contributed by atoms with Crippen molar-refractivity contribution in [2.75, 3.05) is 6.61 Å². The quantitative estimate of drug-likeness (QED) is 0.276. The fraction of sp³-hybridized carbons (Fsp3) is 0.917. The number of hydrogen-bond donors (Lipinski definition) is 0. The van der Waals surface area contributed by atoms with Crippen LogP contribution in [0.5, 0.6) is 0 Å². The summed E-state index contributed by atoms with van der Waals surface area (Å²) in [6.45, 7) is 8.30. The van der Waals surface area contributed by atoms with Crippen molar-refractivity contribution >= 4 is 6.16 Å². The Hall–Kier alpha value is -0.770. The maximum absolute atomic E-state index is 11.2. The highest BCUT2D eigenvalue weighted by molar-refractivity contribution is 5.59. The fourth-order valence-electron chi connectivity index (χ4n) is 1.19. The molecule has 0 unspecified atom stereocenters. The van der Waals surface area contributed by atoms with E-state index in [4.69, 9.17) is 9.62 Å². The van der Waals surface area contributed by atoms with Crippen molar-refractivity contribution in [1.29, 1.82) is 0 Å². The molecule has 0 N–H and O–H groups in total. The molecule has 0 heterocycles. The molecule has 0 fully saturated rings. The summed E-state index contributed by atoms with van der Waals surface area (Å²) in [5.41, 5.74) is -0.485. The topological polar surface area (TPSA) is 44.8 Å². The van der Waals surface area contributed by atoms with Crippen LogP contribution in [0.4, 0.5) is 4.79 Å². The maximum Gasteiger partial charge on any atom is 0.540 e. The second-order valence-corrected chi connectivity index (χ2v) is 4.47. The summed E-state index contributed by atoms with van der Waals surface area (Å²) >= 11 is 0. The smallest absolute Gasteiger partial charge is 0.426 e. The van der Waals surface area contributed by atoms with Crippen molar-refractivity contribution in [2.24, 2.45) is 0 Å². The molecule has 0 aliphatic heterocycles. The van der Waals surface area contributed by atoms with Gasteiger partial charge in [0.15, 0.2) is 0 Å².